The molecule has 2 heterocycles. The molecule has 0 unspecified atom stereocenters. The Hall–Kier alpha value is -2.58. The van der Waals surface area contributed by atoms with Crippen LogP contribution < -0.4 is 10.6 Å². The average Bonchev–Trinajstić information content (AvgIpc) is 2.81. The predicted octanol–water partition coefficient (Wildman–Crippen LogP) is 2.96. The van der Waals surface area contributed by atoms with Crippen LogP contribution in [0.1, 0.15) is 16.8 Å². The van der Waals surface area contributed by atoms with Crippen molar-refractivity contribution in [2.75, 3.05) is 23.0 Å². The number of benzene rings is 1. The van der Waals surface area contributed by atoms with Crippen LogP contribution in [0.5, 0.6) is 0 Å². The van der Waals surface area contributed by atoms with E-state index in [1.54, 1.807) is 30.3 Å². The second kappa shape index (κ2) is 8.20. The van der Waals surface area contributed by atoms with Gasteiger partial charge < -0.3 is 15.4 Å². The summed E-state index contributed by atoms with van der Waals surface area (Å²) in [5.41, 5.74) is 1.15. The molecule has 1 aliphatic heterocycles. The number of nitrogens with zero attached hydrogens (tertiary/aromatic N) is 1. The first kappa shape index (κ1) is 18.2. The zero-order valence-corrected chi connectivity index (χ0v) is 15.0. The third-order valence-corrected chi connectivity index (χ3v) is 4.82. The summed E-state index contributed by atoms with van der Waals surface area (Å²) in [5, 5.41) is 5.41. The van der Waals surface area contributed by atoms with Crippen molar-refractivity contribution in [3.05, 3.63) is 47.2 Å². The van der Waals surface area contributed by atoms with Gasteiger partial charge in [0.25, 0.3) is 5.91 Å². The second-order valence-electron chi connectivity index (χ2n) is 5.32. The molecule has 9 heteroatoms. The van der Waals surface area contributed by atoms with Gasteiger partial charge in [-0.25, -0.2) is 9.78 Å². The summed E-state index contributed by atoms with van der Waals surface area (Å²) in [7, 11) is 0. The molecule has 2 N–H and O–H groups in total. The number of ether oxygens (including phenoxy) is 1. The summed E-state index contributed by atoms with van der Waals surface area (Å²) in [4.78, 5) is 40.4. The van der Waals surface area contributed by atoms with Gasteiger partial charge in [0.05, 0.1) is 16.9 Å². The highest BCUT2D eigenvalue weighted by atomic mass is 35.5. The SMILES string of the molecule is O=C1CCSc2ccc(C(=O)OCC(=O)Nc3cccnc3Cl)cc2N1. The van der Waals surface area contributed by atoms with Crippen molar-refractivity contribution in [3.63, 3.8) is 0 Å². The number of anilines is 2. The summed E-state index contributed by atoms with van der Waals surface area (Å²) >= 11 is 7.39. The lowest BCUT2D eigenvalue weighted by atomic mass is 10.2. The average molecular weight is 392 g/mol. The molecule has 3 rings (SSSR count). The fourth-order valence-corrected chi connectivity index (χ4v) is 3.33. The van der Waals surface area contributed by atoms with Gasteiger partial charge in [-0.3, -0.25) is 9.59 Å². The van der Waals surface area contributed by atoms with Gasteiger partial charge in [-0.2, -0.15) is 0 Å². The topological polar surface area (TPSA) is 97.4 Å². The molecule has 7 nitrogen and oxygen atoms in total. The molecular formula is C17H14ClN3O4S. The molecule has 0 spiro atoms. The van der Waals surface area contributed by atoms with Crippen LogP contribution in [0.25, 0.3) is 0 Å². The molecule has 1 aliphatic rings. The van der Waals surface area contributed by atoms with E-state index in [-0.39, 0.29) is 16.6 Å². The number of nitrogens with one attached hydrogen (secondary N) is 2. The molecular weight excluding hydrogens is 378 g/mol. The van der Waals surface area contributed by atoms with Crippen molar-refractivity contribution in [1.29, 1.82) is 0 Å². The summed E-state index contributed by atoms with van der Waals surface area (Å²) in [6, 6.07) is 8.10. The van der Waals surface area contributed by atoms with E-state index >= 15 is 0 Å². The molecule has 0 fully saturated rings. The molecule has 0 radical (unpaired) electrons. The number of thioether (sulfide) groups is 1. The van der Waals surface area contributed by atoms with Crippen molar-refractivity contribution in [2.24, 2.45) is 0 Å². The lowest BCUT2D eigenvalue weighted by Gasteiger charge is -2.10. The van der Waals surface area contributed by atoms with E-state index in [2.05, 4.69) is 15.6 Å². The number of carbonyl (C=O) groups is 3. The Bertz CT molecular complexity index is 875. The lowest BCUT2D eigenvalue weighted by Crippen LogP contribution is -2.21. The fraction of sp³-hybridized carbons (Fsp3) is 0.176. The Kier molecular flexibility index (Phi) is 5.75. The highest BCUT2D eigenvalue weighted by molar-refractivity contribution is 7.99. The highest BCUT2D eigenvalue weighted by Gasteiger charge is 2.17. The van der Waals surface area contributed by atoms with Crippen LogP contribution in [0, 0.1) is 0 Å². The number of fused-ring (bicyclic) bond motifs is 1. The number of carbonyl (C=O) groups excluding carboxylic acids is 3. The van der Waals surface area contributed by atoms with E-state index in [0.29, 0.717) is 23.5 Å². The summed E-state index contributed by atoms with van der Waals surface area (Å²) in [6.45, 7) is -0.470. The van der Waals surface area contributed by atoms with Gasteiger partial charge in [-0.1, -0.05) is 11.6 Å². The number of esters is 1. The van der Waals surface area contributed by atoms with Crippen LogP contribution in [0.15, 0.2) is 41.4 Å². The van der Waals surface area contributed by atoms with Gasteiger partial charge in [0, 0.05) is 23.3 Å². The molecule has 0 saturated carbocycles. The van der Waals surface area contributed by atoms with Crippen molar-refractivity contribution in [3.8, 4) is 0 Å². The maximum atomic E-state index is 12.2. The van der Waals surface area contributed by atoms with Crippen LogP contribution in [0.3, 0.4) is 0 Å². The minimum absolute atomic E-state index is 0.102. The van der Waals surface area contributed by atoms with E-state index < -0.39 is 18.5 Å². The minimum atomic E-state index is -0.663. The first-order valence-corrected chi connectivity index (χ1v) is 9.03. The molecule has 134 valence electrons. The van der Waals surface area contributed by atoms with Gasteiger partial charge in [0.2, 0.25) is 5.91 Å². The fourth-order valence-electron chi connectivity index (χ4n) is 2.23. The Morgan fingerprint density at radius 3 is 3.00 bits per heavy atom. The maximum Gasteiger partial charge on any atom is 0.338 e. The van der Waals surface area contributed by atoms with Gasteiger partial charge in [0.1, 0.15) is 0 Å². The molecule has 2 amide bonds. The smallest absolute Gasteiger partial charge is 0.338 e. The summed E-state index contributed by atoms with van der Waals surface area (Å²) in [5.74, 6) is -0.621. The molecule has 1 aromatic carbocycles. The number of rotatable bonds is 4. The minimum Gasteiger partial charge on any atom is -0.452 e. The third-order valence-electron chi connectivity index (χ3n) is 3.44. The van der Waals surface area contributed by atoms with Crippen LogP contribution in [0.2, 0.25) is 5.15 Å². The van der Waals surface area contributed by atoms with Gasteiger partial charge >= 0.3 is 5.97 Å². The van der Waals surface area contributed by atoms with Gasteiger partial charge in [-0.05, 0) is 30.3 Å². The summed E-state index contributed by atoms with van der Waals surface area (Å²) in [6.07, 6.45) is 1.91. The number of pyridine rings is 1. The van der Waals surface area contributed by atoms with Crippen molar-refractivity contribution >= 4 is 52.5 Å². The number of aromatic nitrogens is 1. The van der Waals surface area contributed by atoms with Crippen molar-refractivity contribution in [1.82, 2.24) is 4.98 Å². The largest absolute Gasteiger partial charge is 0.452 e. The number of hydrogen-bond acceptors (Lipinski definition) is 6. The standard InChI is InChI=1S/C17H14ClN3O4S/c18-16-11(2-1-6-19-16)20-15(23)9-25-17(24)10-3-4-13-12(8-10)21-14(22)5-7-26-13/h1-4,6,8H,5,7,9H2,(H,20,23)(H,21,22). The molecule has 0 atom stereocenters. The van der Waals surface area contributed by atoms with Crippen LogP contribution in [0.4, 0.5) is 11.4 Å². The normalized spacial score (nSPS) is 13.2. The lowest BCUT2D eigenvalue weighted by molar-refractivity contribution is -0.119. The molecule has 2 aromatic rings. The van der Waals surface area contributed by atoms with Crippen LogP contribution in [-0.2, 0) is 14.3 Å². The third kappa shape index (κ3) is 4.53. The first-order valence-electron chi connectivity index (χ1n) is 7.67. The Morgan fingerprint density at radius 2 is 2.19 bits per heavy atom. The molecule has 0 aliphatic carbocycles. The Balaban J connectivity index is 1.61. The zero-order chi connectivity index (χ0) is 18.5. The number of hydrogen-bond donors (Lipinski definition) is 2. The molecule has 1 aromatic heterocycles. The van der Waals surface area contributed by atoms with Crippen LogP contribution >= 0.6 is 23.4 Å². The highest BCUT2D eigenvalue weighted by Crippen LogP contribution is 2.31. The predicted molar refractivity (Wildman–Crippen MR) is 98.6 cm³/mol. The monoisotopic (exact) mass is 391 g/mol. The zero-order valence-electron chi connectivity index (χ0n) is 13.5. The quantitative estimate of drug-likeness (QED) is 0.614. The van der Waals surface area contributed by atoms with Gasteiger partial charge in [0.15, 0.2) is 11.8 Å². The van der Waals surface area contributed by atoms with Crippen molar-refractivity contribution < 1.29 is 19.1 Å². The van der Waals surface area contributed by atoms with Crippen molar-refractivity contribution in [2.45, 2.75) is 11.3 Å². The Labute approximate surface area is 158 Å². The Morgan fingerprint density at radius 1 is 1.35 bits per heavy atom. The van der Waals surface area contributed by atoms with E-state index in [1.807, 2.05) is 0 Å². The maximum absolute atomic E-state index is 12.2. The van der Waals surface area contributed by atoms with E-state index in [1.165, 1.54) is 18.0 Å². The van der Waals surface area contributed by atoms with E-state index in [4.69, 9.17) is 16.3 Å². The molecule has 0 bridgehead atoms. The number of halogens is 1. The summed E-state index contributed by atoms with van der Waals surface area (Å²) < 4.78 is 5.02. The first-order chi connectivity index (χ1) is 12.5. The van der Waals surface area contributed by atoms with E-state index in [9.17, 15) is 14.4 Å². The molecule has 0 saturated heterocycles. The second-order valence-corrected chi connectivity index (χ2v) is 6.82. The molecule has 26 heavy (non-hydrogen) atoms. The van der Waals surface area contributed by atoms with Gasteiger partial charge in [-0.15, -0.1) is 11.8 Å². The van der Waals surface area contributed by atoms with E-state index in [0.717, 1.165) is 4.90 Å². The number of amides is 2. The van der Waals surface area contributed by atoms with Crippen LogP contribution in [-0.4, -0.2) is 35.1 Å².